The number of rotatable bonds is 5. The summed E-state index contributed by atoms with van der Waals surface area (Å²) in [5, 5.41) is 11.1. The molecule has 2 N–H and O–H groups in total. The van der Waals surface area contributed by atoms with Crippen molar-refractivity contribution in [2.75, 3.05) is 13.2 Å². The summed E-state index contributed by atoms with van der Waals surface area (Å²) < 4.78 is 40.9. The van der Waals surface area contributed by atoms with Gasteiger partial charge in [-0.1, -0.05) is 23.2 Å². The van der Waals surface area contributed by atoms with Gasteiger partial charge in [-0.05, 0) is 12.1 Å². The molecule has 1 atom stereocenters. The quantitative estimate of drug-likeness (QED) is 0.871. The zero-order valence-electron chi connectivity index (χ0n) is 9.88. The largest absolute Gasteiger partial charge is 0.484 e. The molecule has 0 heterocycles. The molecule has 0 bridgehead atoms. The second-order valence-electron chi connectivity index (χ2n) is 3.73. The smallest absolute Gasteiger partial charge is 0.416 e. The van der Waals surface area contributed by atoms with E-state index in [0.29, 0.717) is 5.02 Å². The zero-order chi connectivity index (χ0) is 15.3. The van der Waals surface area contributed by atoms with E-state index in [-0.39, 0.29) is 10.8 Å². The molecule has 0 aliphatic carbocycles. The lowest BCUT2D eigenvalue weighted by Crippen LogP contribution is -2.42. The molecule has 112 valence electrons. The van der Waals surface area contributed by atoms with Gasteiger partial charge in [0.25, 0.3) is 5.91 Å². The minimum Gasteiger partial charge on any atom is -0.484 e. The van der Waals surface area contributed by atoms with Crippen LogP contribution in [-0.4, -0.2) is 36.4 Å². The van der Waals surface area contributed by atoms with Crippen LogP contribution < -0.4 is 10.1 Å². The van der Waals surface area contributed by atoms with E-state index in [0.717, 1.165) is 0 Å². The number of benzene rings is 1. The number of nitrogens with one attached hydrogen (secondary N) is 1. The van der Waals surface area contributed by atoms with E-state index in [4.69, 9.17) is 33.0 Å². The number of amides is 1. The monoisotopic (exact) mass is 331 g/mol. The molecule has 0 aliphatic rings. The number of aliphatic hydroxyl groups is 1. The SMILES string of the molecule is O=C(COc1ccc(Cl)c(Cl)c1)NCC(O)C(F)(F)F. The molecule has 9 heteroatoms. The molecule has 1 aromatic carbocycles. The van der Waals surface area contributed by atoms with Crippen molar-refractivity contribution in [1.82, 2.24) is 5.32 Å². The topological polar surface area (TPSA) is 58.6 Å². The van der Waals surface area contributed by atoms with Crippen molar-refractivity contribution in [2.45, 2.75) is 12.3 Å². The summed E-state index contributed by atoms with van der Waals surface area (Å²) in [5.74, 6) is -0.565. The lowest BCUT2D eigenvalue weighted by molar-refractivity contribution is -0.201. The van der Waals surface area contributed by atoms with E-state index in [2.05, 4.69) is 0 Å². The third kappa shape index (κ3) is 5.44. The molecule has 1 amide bonds. The predicted molar refractivity (Wildman–Crippen MR) is 67.0 cm³/mol. The van der Waals surface area contributed by atoms with Gasteiger partial charge in [-0.25, -0.2) is 0 Å². The number of alkyl halides is 3. The minimum atomic E-state index is -4.78. The Bertz CT molecular complexity index is 482. The predicted octanol–water partition coefficient (Wildman–Crippen LogP) is 2.41. The minimum absolute atomic E-state index is 0.220. The van der Waals surface area contributed by atoms with Crippen molar-refractivity contribution in [3.63, 3.8) is 0 Å². The Morgan fingerprint density at radius 2 is 2.00 bits per heavy atom. The Balaban J connectivity index is 2.38. The Morgan fingerprint density at radius 1 is 1.35 bits per heavy atom. The molecule has 0 saturated carbocycles. The second-order valence-corrected chi connectivity index (χ2v) is 4.54. The number of halogens is 5. The average Bonchev–Trinajstić information content (AvgIpc) is 2.36. The second kappa shape index (κ2) is 7.01. The summed E-state index contributed by atoms with van der Waals surface area (Å²) in [7, 11) is 0. The summed E-state index contributed by atoms with van der Waals surface area (Å²) in [6.45, 7) is -1.45. The Labute approximate surface area is 122 Å². The molecule has 1 aromatic rings. The van der Waals surface area contributed by atoms with E-state index >= 15 is 0 Å². The number of hydrogen-bond acceptors (Lipinski definition) is 3. The average molecular weight is 332 g/mol. The fraction of sp³-hybridized carbons (Fsp3) is 0.364. The summed E-state index contributed by atoms with van der Waals surface area (Å²) in [6.07, 6.45) is -7.39. The van der Waals surface area contributed by atoms with Crippen LogP contribution >= 0.6 is 23.2 Å². The van der Waals surface area contributed by atoms with Crippen LogP contribution in [0.2, 0.25) is 10.0 Å². The van der Waals surface area contributed by atoms with Crippen LogP contribution in [0.5, 0.6) is 5.75 Å². The van der Waals surface area contributed by atoms with Crippen molar-refractivity contribution in [2.24, 2.45) is 0 Å². The molecule has 0 aromatic heterocycles. The highest BCUT2D eigenvalue weighted by Gasteiger charge is 2.38. The number of aliphatic hydroxyl groups excluding tert-OH is 1. The van der Waals surface area contributed by atoms with Crippen LogP contribution in [0.25, 0.3) is 0 Å². The highest BCUT2D eigenvalue weighted by atomic mass is 35.5. The van der Waals surface area contributed by atoms with E-state index < -0.39 is 31.3 Å². The molecule has 1 rings (SSSR count). The molecule has 4 nitrogen and oxygen atoms in total. The van der Waals surface area contributed by atoms with Gasteiger partial charge in [-0.2, -0.15) is 13.2 Å². The standard InChI is InChI=1S/C11H10Cl2F3NO3/c12-7-2-1-6(3-8(7)13)20-5-10(19)17-4-9(18)11(14,15)16/h1-3,9,18H,4-5H2,(H,17,19). The van der Waals surface area contributed by atoms with E-state index in [1.807, 2.05) is 5.32 Å². The maximum atomic E-state index is 12.0. The van der Waals surface area contributed by atoms with Crippen molar-refractivity contribution < 1.29 is 27.8 Å². The van der Waals surface area contributed by atoms with Crippen molar-refractivity contribution in [3.8, 4) is 5.75 Å². The van der Waals surface area contributed by atoms with Crippen LogP contribution in [0.15, 0.2) is 18.2 Å². The Hall–Kier alpha value is -1.18. The highest BCUT2D eigenvalue weighted by molar-refractivity contribution is 6.42. The third-order valence-corrected chi connectivity index (χ3v) is 2.87. The molecule has 20 heavy (non-hydrogen) atoms. The summed E-state index contributed by atoms with van der Waals surface area (Å²) in [5.41, 5.74) is 0. The summed E-state index contributed by atoms with van der Waals surface area (Å²) in [6, 6.07) is 4.26. The lowest BCUT2D eigenvalue weighted by Gasteiger charge is -2.15. The highest BCUT2D eigenvalue weighted by Crippen LogP contribution is 2.26. The molecular weight excluding hydrogens is 322 g/mol. The number of carbonyl (C=O) groups is 1. The van der Waals surface area contributed by atoms with Gasteiger partial charge in [0.1, 0.15) is 5.75 Å². The first-order valence-electron chi connectivity index (χ1n) is 5.29. The molecule has 0 aliphatic heterocycles. The van der Waals surface area contributed by atoms with Crippen LogP contribution in [0.3, 0.4) is 0 Å². The molecule has 1 unspecified atom stereocenters. The molecule has 0 spiro atoms. The van der Waals surface area contributed by atoms with Crippen LogP contribution in [0.4, 0.5) is 13.2 Å². The van der Waals surface area contributed by atoms with Gasteiger partial charge in [0.15, 0.2) is 12.7 Å². The number of carbonyl (C=O) groups excluding carboxylic acids is 1. The maximum Gasteiger partial charge on any atom is 0.416 e. The maximum absolute atomic E-state index is 12.0. The summed E-state index contributed by atoms with van der Waals surface area (Å²) >= 11 is 11.4. The van der Waals surface area contributed by atoms with Gasteiger partial charge >= 0.3 is 6.18 Å². The fourth-order valence-electron chi connectivity index (χ4n) is 1.09. The van der Waals surface area contributed by atoms with Gasteiger partial charge in [-0.3, -0.25) is 4.79 Å². The van der Waals surface area contributed by atoms with Gasteiger partial charge in [0.05, 0.1) is 16.6 Å². The lowest BCUT2D eigenvalue weighted by atomic mass is 10.3. The van der Waals surface area contributed by atoms with Gasteiger partial charge < -0.3 is 15.2 Å². The van der Waals surface area contributed by atoms with E-state index in [1.165, 1.54) is 18.2 Å². The molecule has 0 saturated heterocycles. The van der Waals surface area contributed by atoms with Crippen LogP contribution in [0.1, 0.15) is 0 Å². The van der Waals surface area contributed by atoms with E-state index in [1.54, 1.807) is 0 Å². The van der Waals surface area contributed by atoms with Crippen molar-refractivity contribution in [1.29, 1.82) is 0 Å². The number of ether oxygens (including phenoxy) is 1. The molecular formula is C11H10Cl2F3NO3. The van der Waals surface area contributed by atoms with E-state index in [9.17, 15) is 18.0 Å². The van der Waals surface area contributed by atoms with Crippen molar-refractivity contribution >= 4 is 29.1 Å². The first kappa shape index (κ1) is 16.9. The Kier molecular flexibility index (Phi) is 5.91. The molecule has 0 fully saturated rings. The fourth-order valence-corrected chi connectivity index (χ4v) is 1.38. The van der Waals surface area contributed by atoms with Gasteiger partial charge in [0, 0.05) is 6.07 Å². The van der Waals surface area contributed by atoms with Crippen LogP contribution in [-0.2, 0) is 4.79 Å². The number of hydrogen-bond donors (Lipinski definition) is 2. The summed E-state index contributed by atoms with van der Waals surface area (Å²) in [4.78, 5) is 11.2. The van der Waals surface area contributed by atoms with Gasteiger partial charge in [0.2, 0.25) is 0 Å². The normalized spacial score (nSPS) is 12.9. The Morgan fingerprint density at radius 3 is 2.55 bits per heavy atom. The van der Waals surface area contributed by atoms with Crippen molar-refractivity contribution in [3.05, 3.63) is 28.2 Å². The first-order valence-corrected chi connectivity index (χ1v) is 6.05. The first-order chi connectivity index (χ1) is 9.20. The van der Waals surface area contributed by atoms with Gasteiger partial charge in [-0.15, -0.1) is 0 Å². The molecule has 0 radical (unpaired) electrons. The van der Waals surface area contributed by atoms with Crippen LogP contribution in [0, 0.1) is 0 Å². The third-order valence-electron chi connectivity index (χ3n) is 2.13. The zero-order valence-corrected chi connectivity index (χ0v) is 11.4.